The Kier molecular flexibility index (Phi) is 30.3. The molecule has 0 rings (SSSR count). The number of nitrogens with one attached hydrogen (secondary N) is 2. The lowest BCUT2D eigenvalue weighted by atomic mass is 10.0. The van der Waals surface area contributed by atoms with Crippen LogP contribution in [0.25, 0.3) is 0 Å². The third-order valence-electron chi connectivity index (χ3n) is 8.35. The van der Waals surface area contributed by atoms with Crippen LogP contribution >= 0.6 is 0 Å². The van der Waals surface area contributed by atoms with Gasteiger partial charge < -0.3 is 25.6 Å². The first-order chi connectivity index (χ1) is 21.8. The van der Waals surface area contributed by atoms with Crippen molar-refractivity contribution in [2.75, 3.05) is 13.2 Å². The van der Waals surface area contributed by atoms with Crippen molar-refractivity contribution in [2.24, 2.45) is 0 Å². The maximum absolute atomic E-state index is 12.6. The van der Waals surface area contributed by atoms with Crippen molar-refractivity contribution in [1.29, 1.82) is 0 Å². The summed E-state index contributed by atoms with van der Waals surface area (Å²) in [6.07, 6.45) is 28.5. The van der Waals surface area contributed by atoms with E-state index < -0.39 is 24.5 Å². The molecule has 2 atom stereocenters. The van der Waals surface area contributed by atoms with Gasteiger partial charge in [0.25, 0.3) is 0 Å². The van der Waals surface area contributed by atoms with Gasteiger partial charge in [-0.3, -0.25) is 14.4 Å². The molecule has 0 heterocycles. The Labute approximate surface area is 274 Å². The van der Waals surface area contributed by atoms with Crippen molar-refractivity contribution in [3.63, 3.8) is 0 Å². The lowest BCUT2D eigenvalue weighted by Crippen LogP contribution is -2.47. The normalized spacial score (nSPS) is 12.4. The number of aliphatic carboxylic acids is 1. The quantitative estimate of drug-likeness (QED) is 0.0424. The van der Waals surface area contributed by atoms with Gasteiger partial charge in [0, 0.05) is 12.8 Å². The van der Waals surface area contributed by atoms with Gasteiger partial charge in [0.05, 0.1) is 13.2 Å². The number of hydrogen-bond acceptors (Lipinski definition) is 6. The minimum Gasteiger partial charge on any atom is -0.480 e. The molecule has 2 amide bonds. The summed E-state index contributed by atoms with van der Waals surface area (Å²) in [4.78, 5) is 47.2. The van der Waals surface area contributed by atoms with Crippen molar-refractivity contribution in [3.05, 3.63) is 0 Å². The lowest BCUT2D eigenvalue weighted by Gasteiger charge is -2.18. The maximum atomic E-state index is 12.6. The average molecular weight is 641 g/mol. The highest BCUT2D eigenvalue weighted by Crippen LogP contribution is 2.18. The summed E-state index contributed by atoms with van der Waals surface area (Å²) in [6.45, 7) is 3.45. The van der Waals surface area contributed by atoms with E-state index in [4.69, 9.17) is 14.9 Å². The average Bonchev–Trinajstić information content (AvgIpc) is 3.02. The number of aliphatic hydroxyl groups is 1. The molecule has 0 saturated carbocycles. The number of unbranched alkanes of at least 4 members (excludes halogenated alkanes) is 19. The fourth-order valence-corrected chi connectivity index (χ4v) is 5.48. The lowest BCUT2D eigenvalue weighted by molar-refractivity contribution is -0.150. The van der Waals surface area contributed by atoms with Crippen LogP contribution in [0.3, 0.4) is 0 Å². The van der Waals surface area contributed by atoms with E-state index in [1.165, 1.54) is 89.9 Å². The molecule has 4 N–H and O–H groups in total. The minimum absolute atomic E-state index is 0.000236. The highest BCUT2D eigenvalue weighted by atomic mass is 16.5. The summed E-state index contributed by atoms with van der Waals surface area (Å²) < 4.78 is 5.96. The second-order valence-electron chi connectivity index (χ2n) is 12.7. The predicted octanol–water partition coefficient (Wildman–Crippen LogP) is 7.76. The summed E-state index contributed by atoms with van der Waals surface area (Å²) >= 11 is 0. The molecular weight excluding hydrogens is 572 g/mol. The predicted molar refractivity (Wildman–Crippen MR) is 181 cm³/mol. The summed E-state index contributed by atoms with van der Waals surface area (Å²) in [5, 5.41) is 22.4. The van der Waals surface area contributed by atoms with E-state index in [2.05, 4.69) is 24.5 Å². The van der Waals surface area contributed by atoms with Crippen molar-refractivity contribution >= 4 is 23.8 Å². The molecule has 0 aliphatic carbocycles. The standard InChI is InChI=1S/C36H68N2O7/c1-3-5-7-9-11-12-13-15-20-24-28-35(42)45-31(25-21-17-14-10-8-6-4-2)26-22-18-16-19-23-27-33(40)37-29-34(41)38-32(30-39)36(43)44/h31-32,39H,3-30H2,1-2H3,(H,37,40)(H,38,41)(H,43,44). The Morgan fingerprint density at radius 2 is 1.00 bits per heavy atom. The number of carboxylic acids is 1. The Hall–Kier alpha value is -2.16. The molecule has 0 aliphatic rings. The molecule has 0 fully saturated rings. The summed E-state index contributed by atoms with van der Waals surface area (Å²) in [7, 11) is 0. The van der Waals surface area contributed by atoms with Gasteiger partial charge >= 0.3 is 11.9 Å². The molecule has 9 nitrogen and oxygen atoms in total. The molecule has 0 aliphatic heterocycles. The van der Waals surface area contributed by atoms with Crippen molar-refractivity contribution < 1.29 is 34.1 Å². The van der Waals surface area contributed by atoms with Gasteiger partial charge in [0.1, 0.15) is 12.1 Å². The Morgan fingerprint density at radius 3 is 1.44 bits per heavy atom. The summed E-state index contributed by atoms with van der Waals surface area (Å²) in [6, 6.07) is -1.38. The van der Waals surface area contributed by atoms with Gasteiger partial charge in [-0.15, -0.1) is 0 Å². The van der Waals surface area contributed by atoms with Crippen LogP contribution in [0, 0.1) is 0 Å². The molecule has 0 bridgehead atoms. The second kappa shape index (κ2) is 31.8. The number of amides is 2. The molecule has 0 radical (unpaired) electrons. The van der Waals surface area contributed by atoms with E-state index in [0.29, 0.717) is 19.3 Å². The number of carbonyl (C=O) groups excluding carboxylic acids is 3. The van der Waals surface area contributed by atoms with E-state index >= 15 is 0 Å². The van der Waals surface area contributed by atoms with Gasteiger partial charge in [0.2, 0.25) is 11.8 Å². The zero-order chi connectivity index (χ0) is 33.4. The van der Waals surface area contributed by atoms with Gasteiger partial charge in [-0.2, -0.15) is 0 Å². The first-order valence-electron chi connectivity index (χ1n) is 18.4. The van der Waals surface area contributed by atoms with Crippen LogP contribution < -0.4 is 10.6 Å². The van der Waals surface area contributed by atoms with Gasteiger partial charge in [0.15, 0.2) is 0 Å². The van der Waals surface area contributed by atoms with E-state index in [1.54, 1.807) is 0 Å². The van der Waals surface area contributed by atoms with Crippen molar-refractivity contribution in [3.8, 4) is 0 Å². The topological polar surface area (TPSA) is 142 Å². The molecule has 0 aromatic carbocycles. The molecule has 0 aromatic heterocycles. The monoisotopic (exact) mass is 641 g/mol. The molecule has 9 heteroatoms. The summed E-state index contributed by atoms with van der Waals surface area (Å²) in [5.41, 5.74) is 0. The van der Waals surface area contributed by atoms with Gasteiger partial charge in [-0.25, -0.2) is 4.79 Å². The number of hydrogen-bond donors (Lipinski definition) is 4. The van der Waals surface area contributed by atoms with Crippen LogP contribution in [0.4, 0.5) is 0 Å². The van der Waals surface area contributed by atoms with E-state index in [0.717, 1.165) is 57.8 Å². The minimum atomic E-state index is -1.38. The van der Waals surface area contributed by atoms with Crippen LogP contribution in [0.1, 0.15) is 181 Å². The van der Waals surface area contributed by atoms with E-state index in [1.807, 2.05) is 0 Å². The second-order valence-corrected chi connectivity index (χ2v) is 12.7. The van der Waals surface area contributed by atoms with Crippen LogP contribution in [0.2, 0.25) is 0 Å². The van der Waals surface area contributed by atoms with Gasteiger partial charge in [-0.05, 0) is 38.5 Å². The highest BCUT2D eigenvalue weighted by Gasteiger charge is 2.19. The number of carboxylic acid groups (broad SMARTS) is 1. The number of ether oxygens (including phenoxy) is 1. The fraction of sp³-hybridized carbons (Fsp3) is 0.889. The van der Waals surface area contributed by atoms with Crippen LogP contribution in [-0.4, -0.2) is 59.3 Å². The largest absolute Gasteiger partial charge is 0.480 e. The number of aliphatic hydroxyl groups excluding tert-OH is 1. The van der Waals surface area contributed by atoms with Crippen LogP contribution in [0.5, 0.6) is 0 Å². The molecule has 0 spiro atoms. The molecule has 0 saturated heterocycles. The van der Waals surface area contributed by atoms with Crippen LogP contribution in [0.15, 0.2) is 0 Å². The van der Waals surface area contributed by atoms with Crippen molar-refractivity contribution in [1.82, 2.24) is 10.6 Å². The first-order valence-corrected chi connectivity index (χ1v) is 18.4. The fourth-order valence-electron chi connectivity index (χ4n) is 5.48. The zero-order valence-electron chi connectivity index (χ0n) is 28.9. The number of esters is 1. The maximum Gasteiger partial charge on any atom is 0.328 e. The van der Waals surface area contributed by atoms with E-state index in [9.17, 15) is 19.2 Å². The molecule has 264 valence electrons. The Morgan fingerprint density at radius 1 is 0.578 bits per heavy atom. The molecular formula is C36H68N2O7. The number of rotatable bonds is 33. The van der Waals surface area contributed by atoms with Gasteiger partial charge in [-0.1, -0.05) is 129 Å². The molecule has 2 unspecified atom stereocenters. The van der Waals surface area contributed by atoms with Crippen LogP contribution in [-0.2, 0) is 23.9 Å². The van der Waals surface area contributed by atoms with Crippen molar-refractivity contribution in [2.45, 2.75) is 193 Å². The number of carbonyl (C=O) groups is 4. The zero-order valence-corrected chi connectivity index (χ0v) is 28.9. The smallest absolute Gasteiger partial charge is 0.328 e. The molecule has 45 heavy (non-hydrogen) atoms. The summed E-state index contributed by atoms with van der Waals surface area (Å²) in [5.74, 6) is -2.29. The Balaban J connectivity index is 4.19. The first kappa shape index (κ1) is 42.8. The highest BCUT2D eigenvalue weighted by molar-refractivity contribution is 5.87. The third-order valence-corrected chi connectivity index (χ3v) is 8.35. The molecule has 0 aromatic rings. The van der Waals surface area contributed by atoms with E-state index in [-0.39, 0.29) is 24.5 Å². The Bertz CT molecular complexity index is 747. The third kappa shape index (κ3) is 29.0. The SMILES string of the molecule is CCCCCCCCCCCCC(=O)OC(CCCCCCCCC)CCCCCCCC(=O)NCC(=O)NC(CO)C(=O)O.